The molecule has 5 heteroatoms. The Bertz CT molecular complexity index is 459. The molecule has 0 saturated heterocycles. The molecule has 0 aromatic heterocycles. The zero-order chi connectivity index (χ0) is 13.9. The third-order valence-corrected chi connectivity index (χ3v) is 2.48. The number of carboxylic acid groups (broad SMARTS) is 1. The smallest absolute Gasteiger partial charge is 0.415 e. The highest BCUT2D eigenvalue weighted by molar-refractivity contribution is 5.78. The van der Waals surface area contributed by atoms with E-state index in [9.17, 15) is 9.59 Å². The molecule has 0 atom stereocenters. The first-order valence-corrected chi connectivity index (χ1v) is 5.54. The number of aryl methyl sites for hydroxylation is 3. The highest BCUT2D eigenvalue weighted by atomic mass is 16.6. The van der Waals surface area contributed by atoms with Gasteiger partial charge in [-0.2, -0.15) is 0 Å². The molecule has 0 aliphatic carbocycles. The first kappa shape index (κ1) is 14.0. The van der Waals surface area contributed by atoms with Gasteiger partial charge in [0, 0.05) is 7.05 Å². The Balaban J connectivity index is 2.85. The Labute approximate surface area is 106 Å². The number of nitrogens with zero attached hydrogens (tertiary/aromatic N) is 1. The maximum Gasteiger partial charge on any atom is 0.415 e. The summed E-state index contributed by atoms with van der Waals surface area (Å²) in [6.45, 7) is 5.27. The van der Waals surface area contributed by atoms with E-state index in [1.54, 1.807) is 0 Å². The topological polar surface area (TPSA) is 66.8 Å². The van der Waals surface area contributed by atoms with Crippen molar-refractivity contribution >= 4 is 12.1 Å². The molecule has 0 unspecified atom stereocenters. The third kappa shape index (κ3) is 3.48. The second-order valence-electron chi connectivity index (χ2n) is 4.35. The molecule has 1 N–H and O–H groups in total. The summed E-state index contributed by atoms with van der Waals surface area (Å²) in [5.41, 5.74) is 2.79. The lowest BCUT2D eigenvalue weighted by atomic mass is 10.1. The zero-order valence-electron chi connectivity index (χ0n) is 11.0. The molecule has 0 heterocycles. The van der Waals surface area contributed by atoms with Crippen molar-refractivity contribution in [2.75, 3.05) is 13.6 Å². The molecule has 0 fully saturated rings. The maximum atomic E-state index is 11.7. The predicted molar refractivity (Wildman–Crippen MR) is 66.9 cm³/mol. The summed E-state index contributed by atoms with van der Waals surface area (Å²) in [6.07, 6.45) is -0.674. The van der Waals surface area contributed by atoms with E-state index in [0.717, 1.165) is 21.6 Å². The Hall–Kier alpha value is -2.04. The van der Waals surface area contributed by atoms with Gasteiger partial charge in [-0.05, 0) is 31.9 Å². The van der Waals surface area contributed by atoms with Crippen molar-refractivity contribution in [2.45, 2.75) is 20.8 Å². The number of rotatable bonds is 3. The van der Waals surface area contributed by atoms with Crippen molar-refractivity contribution in [2.24, 2.45) is 0 Å². The van der Waals surface area contributed by atoms with E-state index in [1.165, 1.54) is 7.05 Å². The zero-order valence-corrected chi connectivity index (χ0v) is 11.0. The minimum Gasteiger partial charge on any atom is -0.480 e. The number of benzene rings is 1. The van der Waals surface area contributed by atoms with Crippen LogP contribution in [-0.4, -0.2) is 35.7 Å². The molecule has 1 amide bonds. The number of hydrogen-bond acceptors (Lipinski definition) is 3. The van der Waals surface area contributed by atoms with Gasteiger partial charge in [0.25, 0.3) is 0 Å². The summed E-state index contributed by atoms with van der Waals surface area (Å²) in [5.74, 6) is -0.588. The van der Waals surface area contributed by atoms with E-state index in [4.69, 9.17) is 9.84 Å². The fourth-order valence-electron chi connectivity index (χ4n) is 1.76. The van der Waals surface area contributed by atoms with Crippen LogP contribution in [0.15, 0.2) is 12.1 Å². The fraction of sp³-hybridized carbons (Fsp3) is 0.385. The standard InChI is InChI=1S/C13H17NO4/c1-8-5-9(2)12(10(3)6-8)18-13(17)14(4)7-11(15)16/h5-6H,7H2,1-4H3,(H,15,16). The largest absolute Gasteiger partial charge is 0.480 e. The SMILES string of the molecule is Cc1cc(C)c(OC(=O)N(C)CC(=O)O)c(C)c1. The van der Waals surface area contributed by atoms with Crippen LogP contribution in [0.5, 0.6) is 5.75 Å². The molecular weight excluding hydrogens is 234 g/mol. The molecule has 5 nitrogen and oxygen atoms in total. The number of carboxylic acids is 1. The lowest BCUT2D eigenvalue weighted by Crippen LogP contribution is -2.34. The van der Waals surface area contributed by atoms with Gasteiger partial charge in [-0.15, -0.1) is 0 Å². The van der Waals surface area contributed by atoms with Gasteiger partial charge in [-0.25, -0.2) is 4.79 Å². The molecule has 0 radical (unpaired) electrons. The van der Waals surface area contributed by atoms with Gasteiger partial charge in [0.1, 0.15) is 12.3 Å². The number of hydrogen-bond donors (Lipinski definition) is 1. The van der Waals surface area contributed by atoms with Gasteiger partial charge < -0.3 is 9.84 Å². The van der Waals surface area contributed by atoms with Crippen LogP contribution in [0.2, 0.25) is 0 Å². The molecule has 0 aliphatic heterocycles. The molecule has 1 aromatic carbocycles. The van der Waals surface area contributed by atoms with E-state index in [1.807, 2.05) is 32.9 Å². The first-order chi connectivity index (χ1) is 8.31. The van der Waals surface area contributed by atoms with Crippen LogP contribution >= 0.6 is 0 Å². The van der Waals surface area contributed by atoms with Crippen LogP contribution in [-0.2, 0) is 4.79 Å². The summed E-state index contributed by atoms with van der Waals surface area (Å²) in [4.78, 5) is 23.2. The maximum absolute atomic E-state index is 11.7. The molecule has 98 valence electrons. The van der Waals surface area contributed by atoms with Crippen molar-refractivity contribution in [1.29, 1.82) is 0 Å². The number of carbonyl (C=O) groups excluding carboxylic acids is 1. The average molecular weight is 251 g/mol. The van der Waals surface area contributed by atoms with Crippen LogP contribution in [0, 0.1) is 20.8 Å². The monoisotopic (exact) mass is 251 g/mol. The normalized spacial score (nSPS) is 10.0. The van der Waals surface area contributed by atoms with Crippen LogP contribution < -0.4 is 4.74 Å². The van der Waals surface area contributed by atoms with Gasteiger partial charge in [-0.3, -0.25) is 9.69 Å². The van der Waals surface area contributed by atoms with Crippen LogP contribution in [0.3, 0.4) is 0 Å². The second kappa shape index (κ2) is 5.53. The molecule has 1 rings (SSSR count). The molecule has 0 saturated carbocycles. The van der Waals surface area contributed by atoms with Gasteiger partial charge in [0.2, 0.25) is 0 Å². The Morgan fingerprint density at radius 1 is 1.22 bits per heavy atom. The van der Waals surface area contributed by atoms with Crippen LogP contribution in [0.1, 0.15) is 16.7 Å². The number of carbonyl (C=O) groups is 2. The van der Waals surface area contributed by atoms with E-state index in [2.05, 4.69) is 0 Å². The molecule has 0 spiro atoms. The van der Waals surface area contributed by atoms with Crippen molar-refractivity contribution in [3.8, 4) is 5.75 Å². The summed E-state index contributed by atoms with van der Waals surface area (Å²) < 4.78 is 5.22. The number of likely N-dealkylation sites (N-methyl/N-ethyl adjacent to an activating group) is 1. The van der Waals surface area contributed by atoms with E-state index in [-0.39, 0.29) is 6.54 Å². The van der Waals surface area contributed by atoms with Crippen molar-refractivity contribution in [3.63, 3.8) is 0 Å². The second-order valence-corrected chi connectivity index (χ2v) is 4.35. The van der Waals surface area contributed by atoms with Gasteiger partial charge in [0.05, 0.1) is 0 Å². The van der Waals surface area contributed by atoms with Crippen molar-refractivity contribution in [1.82, 2.24) is 4.90 Å². The highest BCUT2D eigenvalue weighted by Gasteiger charge is 2.16. The number of amides is 1. The lowest BCUT2D eigenvalue weighted by molar-refractivity contribution is -0.137. The molecule has 18 heavy (non-hydrogen) atoms. The minimum absolute atomic E-state index is 0.386. The van der Waals surface area contributed by atoms with Gasteiger partial charge in [-0.1, -0.05) is 17.7 Å². The number of aliphatic carboxylic acids is 1. The van der Waals surface area contributed by atoms with Crippen molar-refractivity contribution < 1.29 is 19.4 Å². The van der Waals surface area contributed by atoms with Gasteiger partial charge in [0.15, 0.2) is 0 Å². The summed E-state index contributed by atoms with van der Waals surface area (Å²) in [5, 5.41) is 8.59. The Morgan fingerprint density at radius 3 is 2.17 bits per heavy atom. The molecular formula is C13H17NO4. The predicted octanol–water partition coefficient (Wildman–Crippen LogP) is 2.13. The van der Waals surface area contributed by atoms with E-state index in [0.29, 0.717) is 5.75 Å². The van der Waals surface area contributed by atoms with Crippen LogP contribution in [0.4, 0.5) is 4.79 Å². The number of ether oxygens (including phenoxy) is 1. The Morgan fingerprint density at radius 2 is 1.72 bits per heavy atom. The van der Waals surface area contributed by atoms with E-state index >= 15 is 0 Å². The average Bonchev–Trinajstić information content (AvgIpc) is 2.21. The van der Waals surface area contributed by atoms with E-state index < -0.39 is 12.1 Å². The third-order valence-electron chi connectivity index (χ3n) is 2.48. The molecule has 1 aromatic rings. The summed E-state index contributed by atoms with van der Waals surface area (Å²) in [7, 11) is 1.38. The fourth-order valence-corrected chi connectivity index (χ4v) is 1.76. The van der Waals surface area contributed by atoms with Crippen molar-refractivity contribution in [3.05, 3.63) is 28.8 Å². The lowest BCUT2D eigenvalue weighted by Gasteiger charge is -2.17. The molecule has 0 aliphatic rings. The van der Waals surface area contributed by atoms with Crippen LogP contribution in [0.25, 0.3) is 0 Å². The quantitative estimate of drug-likeness (QED) is 0.893. The van der Waals surface area contributed by atoms with Gasteiger partial charge >= 0.3 is 12.1 Å². The molecule has 0 bridgehead atoms. The summed E-state index contributed by atoms with van der Waals surface area (Å²) in [6, 6.07) is 3.82. The highest BCUT2D eigenvalue weighted by Crippen LogP contribution is 2.24. The minimum atomic E-state index is -1.08. The summed E-state index contributed by atoms with van der Waals surface area (Å²) >= 11 is 0. The first-order valence-electron chi connectivity index (χ1n) is 5.54. The Kier molecular flexibility index (Phi) is 4.31.